The maximum absolute atomic E-state index is 13.1. The molecule has 0 aromatic carbocycles. The van der Waals surface area contributed by atoms with E-state index in [2.05, 4.69) is 30.2 Å². The standard InChI is InChI=1S/C16H14F3N9/c17-16(18,19)15-23-22-11-1-2-12(24-28(11)15)25-7-9-27(10-8-25)14-13-20-3-5-26(13)6-4-21-14/h1-6H,7-10H2. The average molecular weight is 389 g/mol. The first-order chi connectivity index (χ1) is 13.5. The second-order valence-corrected chi connectivity index (χ2v) is 6.37. The third-order valence-corrected chi connectivity index (χ3v) is 4.70. The van der Waals surface area contributed by atoms with Gasteiger partial charge in [-0.3, -0.25) is 0 Å². The summed E-state index contributed by atoms with van der Waals surface area (Å²) in [5.74, 6) is 0.108. The normalized spacial score (nSPS) is 15.7. The van der Waals surface area contributed by atoms with Crippen LogP contribution in [0.4, 0.5) is 24.8 Å². The molecular formula is C16H14F3N9. The van der Waals surface area contributed by atoms with Gasteiger partial charge in [-0.2, -0.15) is 17.7 Å². The number of rotatable bonds is 2. The lowest BCUT2D eigenvalue weighted by molar-refractivity contribution is -0.146. The van der Waals surface area contributed by atoms with Crippen LogP contribution in [0.25, 0.3) is 11.3 Å². The number of fused-ring (bicyclic) bond motifs is 2. The minimum atomic E-state index is -4.61. The molecular weight excluding hydrogens is 375 g/mol. The Labute approximate surface area is 156 Å². The molecule has 1 aliphatic heterocycles. The van der Waals surface area contributed by atoms with Crippen molar-refractivity contribution in [2.45, 2.75) is 6.18 Å². The fraction of sp³-hybridized carbons (Fsp3) is 0.312. The first-order valence-corrected chi connectivity index (χ1v) is 8.58. The second-order valence-electron chi connectivity index (χ2n) is 6.37. The summed E-state index contributed by atoms with van der Waals surface area (Å²) < 4.78 is 41.8. The molecule has 12 heteroatoms. The Kier molecular flexibility index (Phi) is 3.60. The number of alkyl halides is 3. The van der Waals surface area contributed by atoms with Gasteiger partial charge in [0.2, 0.25) is 0 Å². The zero-order valence-corrected chi connectivity index (χ0v) is 14.5. The molecule has 5 rings (SSSR count). The van der Waals surface area contributed by atoms with Crippen LogP contribution in [-0.2, 0) is 6.18 Å². The van der Waals surface area contributed by atoms with E-state index in [0.29, 0.717) is 32.0 Å². The molecule has 4 aromatic heterocycles. The zero-order valence-electron chi connectivity index (χ0n) is 14.5. The van der Waals surface area contributed by atoms with Crippen molar-refractivity contribution < 1.29 is 13.2 Å². The van der Waals surface area contributed by atoms with Gasteiger partial charge in [-0.15, -0.1) is 15.3 Å². The molecule has 0 unspecified atom stereocenters. The summed E-state index contributed by atoms with van der Waals surface area (Å²) in [6, 6.07) is 3.15. The van der Waals surface area contributed by atoms with Crippen molar-refractivity contribution in [3.05, 3.63) is 42.7 Å². The number of hydrogen-bond donors (Lipinski definition) is 0. The van der Waals surface area contributed by atoms with Gasteiger partial charge in [-0.1, -0.05) is 0 Å². The molecule has 28 heavy (non-hydrogen) atoms. The molecule has 0 amide bonds. The Bertz CT molecular complexity index is 1140. The SMILES string of the molecule is FC(F)(F)c1nnc2ccc(N3CCN(c4nccn5ccnc45)CC3)nn12. The minimum absolute atomic E-state index is 0.0601. The van der Waals surface area contributed by atoms with Crippen molar-refractivity contribution in [1.82, 2.24) is 34.2 Å². The highest BCUT2D eigenvalue weighted by molar-refractivity contribution is 5.64. The van der Waals surface area contributed by atoms with Crippen molar-refractivity contribution in [3.8, 4) is 0 Å². The van der Waals surface area contributed by atoms with Gasteiger partial charge < -0.3 is 14.2 Å². The van der Waals surface area contributed by atoms with Crippen molar-refractivity contribution in [2.24, 2.45) is 0 Å². The van der Waals surface area contributed by atoms with Gasteiger partial charge in [-0.05, 0) is 12.1 Å². The Hall–Kier alpha value is -3.44. The Morgan fingerprint density at radius 1 is 0.857 bits per heavy atom. The molecule has 0 bridgehead atoms. The van der Waals surface area contributed by atoms with Gasteiger partial charge in [-0.25, -0.2) is 9.97 Å². The molecule has 1 saturated heterocycles. The van der Waals surface area contributed by atoms with E-state index in [1.165, 1.54) is 6.07 Å². The van der Waals surface area contributed by atoms with Gasteiger partial charge in [0.1, 0.15) is 5.82 Å². The van der Waals surface area contributed by atoms with E-state index in [-0.39, 0.29) is 5.65 Å². The summed E-state index contributed by atoms with van der Waals surface area (Å²) in [5.41, 5.74) is 0.833. The molecule has 144 valence electrons. The molecule has 1 fully saturated rings. The Morgan fingerprint density at radius 2 is 1.57 bits per heavy atom. The quantitative estimate of drug-likeness (QED) is 0.514. The van der Waals surface area contributed by atoms with Crippen LogP contribution in [0.5, 0.6) is 0 Å². The molecule has 0 spiro atoms. The highest BCUT2D eigenvalue weighted by Crippen LogP contribution is 2.28. The van der Waals surface area contributed by atoms with Crippen LogP contribution in [0.1, 0.15) is 5.82 Å². The monoisotopic (exact) mass is 389 g/mol. The summed E-state index contributed by atoms with van der Waals surface area (Å²) in [4.78, 5) is 12.8. The fourth-order valence-electron chi connectivity index (χ4n) is 3.34. The number of aromatic nitrogens is 7. The van der Waals surface area contributed by atoms with Crippen LogP contribution in [0, 0.1) is 0 Å². The van der Waals surface area contributed by atoms with Crippen LogP contribution in [0.3, 0.4) is 0 Å². The Morgan fingerprint density at radius 3 is 2.32 bits per heavy atom. The largest absolute Gasteiger partial charge is 0.453 e. The van der Waals surface area contributed by atoms with Crippen LogP contribution >= 0.6 is 0 Å². The molecule has 0 saturated carbocycles. The summed E-state index contributed by atoms with van der Waals surface area (Å²) >= 11 is 0. The van der Waals surface area contributed by atoms with E-state index < -0.39 is 12.0 Å². The van der Waals surface area contributed by atoms with Crippen molar-refractivity contribution >= 4 is 22.9 Å². The number of hydrogen-bond acceptors (Lipinski definition) is 7. The molecule has 0 radical (unpaired) electrons. The van der Waals surface area contributed by atoms with Gasteiger partial charge in [0, 0.05) is 51.0 Å². The second kappa shape index (κ2) is 6.04. The molecule has 0 atom stereocenters. The lowest BCUT2D eigenvalue weighted by Crippen LogP contribution is -2.47. The molecule has 5 heterocycles. The molecule has 1 aliphatic rings. The number of piperazine rings is 1. The smallest absolute Gasteiger partial charge is 0.352 e. The number of imidazole rings is 1. The molecule has 4 aromatic rings. The maximum Gasteiger partial charge on any atom is 0.453 e. The van der Waals surface area contributed by atoms with E-state index in [0.717, 1.165) is 16.0 Å². The van der Waals surface area contributed by atoms with Crippen molar-refractivity contribution in [1.29, 1.82) is 0 Å². The highest BCUT2D eigenvalue weighted by Gasteiger charge is 2.38. The predicted molar refractivity (Wildman–Crippen MR) is 93.2 cm³/mol. The third kappa shape index (κ3) is 2.68. The van der Waals surface area contributed by atoms with Gasteiger partial charge in [0.25, 0.3) is 5.82 Å². The van der Waals surface area contributed by atoms with E-state index in [9.17, 15) is 13.2 Å². The maximum atomic E-state index is 13.1. The lowest BCUT2D eigenvalue weighted by Gasteiger charge is -2.35. The first-order valence-electron chi connectivity index (χ1n) is 8.58. The summed E-state index contributed by atoms with van der Waals surface area (Å²) in [6.45, 7) is 2.47. The number of nitrogens with zero attached hydrogens (tertiary/aromatic N) is 9. The fourth-order valence-corrected chi connectivity index (χ4v) is 3.34. The van der Waals surface area contributed by atoms with E-state index in [1.54, 1.807) is 18.5 Å². The van der Waals surface area contributed by atoms with Crippen molar-refractivity contribution in [2.75, 3.05) is 36.0 Å². The minimum Gasteiger partial charge on any atom is -0.352 e. The number of anilines is 2. The van der Waals surface area contributed by atoms with Crippen molar-refractivity contribution in [3.63, 3.8) is 0 Å². The summed E-state index contributed by atoms with van der Waals surface area (Å²) in [6.07, 6.45) is 2.51. The predicted octanol–water partition coefficient (Wildman–Crippen LogP) is 1.51. The van der Waals surface area contributed by atoms with E-state index >= 15 is 0 Å². The topological polar surface area (TPSA) is 79.8 Å². The average Bonchev–Trinajstić information content (AvgIpc) is 3.34. The van der Waals surface area contributed by atoms with Gasteiger partial charge >= 0.3 is 6.18 Å². The third-order valence-electron chi connectivity index (χ3n) is 4.70. The van der Waals surface area contributed by atoms with E-state index in [1.807, 2.05) is 21.7 Å². The molecule has 0 aliphatic carbocycles. The molecule has 9 nitrogen and oxygen atoms in total. The Balaban J connectivity index is 1.39. The summed E-state index contributed by atoms with van der Waals surface area (Å²) in [7, 11) is 0. The number of halogens is 3. The molecule has 0 N–H and O–H groups in total. The van der Waals surface area contributed by atoms with Crippen LogP contribution < -0.4 is 9.80 Å². The summed E-state index contributed by atoms with van der Waals surface area (Å²) in [5, 5.41) is 10.9. The van der Waals surface area contributed by atoms with Gasteiger partial charge in [0.15, 0.2) is 17.1 Å². The highest BCUT2D eigenvalue weighted by atomic mass is 19.4. The van der Waals surface area contributed by atoms with Crippen LogP contribution in [0.15, 0.2) is 36.9 Å². The van der Waals surface area contributed by atoms with Crippen LogP contribution in [-0.4, -0.2) is 60.4 Å². The van der Waals surface area contributed by atoms with E-state index in [4.69, 9.17) is 0 Å². The van der Waals surface area contributed by atoms with Gasteiger partial charge in [0.05, 0.1) is 0 Å². The lowest BCUT2D eigenvalue weighted by atomic mass is 10.3. The zero-order chi connectivity index (χ0) is 19.3. The van der Waals surface area contributed by atoms with Crippen LogP contribution in [0.2, 0.25) is 0 Å². The first kappa shape index (κ1) is 16.7.